The number of nitrogens with zero attached hydrogens (tertiary/aromatic N) is 1. The quantitative estimate of drug-likeness (QED) is 0.0952. The van der Waals surface area contributed by atoms with Crippen LogP contribution in [-0.2, 0) is 6.42 Å². The predicted molar refractivity (Wildman–Crippen MR) is 240 cm³/mol. The number of benzene rings is 9. The number of nitrogens with one attached hydrogen (secondary N) is 2. The molecule has 0 fully saturated rings. The van der Waals surface area contributed by atoms with Crippen molar-refractivity contribution in [2.24, 2.45) is 11.8 Å². The summed E-state index contributed by atoms with van der Waals surface area (Å²) in [4.78, 5) is 58.9. The van der Waals surface area contributed by atoms with E-state index in [0.717, 1.165) is 60.6 Å². The van der Waals surface area contributed by atoms with Crippen molar-refractivity contribution in [1.82, 2.24) is 0 Å². The summed E-state index contributed by atoms with van der Waals surface area (Å²) in [6.07, 6.45) is 0.433. The highest BCUT2D eigenvalue weighted by atomic mass is 16.2. The summed E-state index contributed by atoms with van der Waals surface area (Å²) in [6, 6.07) is 50.2. The lowest BCUT2D eigenvalue weighted by molar-refractivity contribution is 0.0787. The van der Waals surface area contributed by atoms with Gasteiger partial charge in [-0.2, -0.15) is 0 Å². The van der Waals surface area contributed by atoms with Crippen LogP contribution in [0, 0.1) is 11.8 Å². The molecule has 2 N–H and O–H groups in total. The second kappa shape index (κ2) is 13.2. The fourth-order valence-corrected chi connectivity index (χ4v) is 9.40. The Hall–Kier alpha value is -7.64. The van der Waals surface area contributed by atoms with Gasteiger partial charge in [0.15, 0.2) is 11.6 Å². The van der Waals surface area contributed by atoms with Crippen molar-refractivity contribution in [3.05, 3.63) is 186 Å². The number of ketones is 2. The largest absolute Gasteiger partial charge is 0.356 e. The SMILES string of the molecule is CC1C(=O)c2ccc3c4ccc5c6c(ccc(c7ccc(c2c37)C(=O)[C@@H]1Cc1ccc(Nc2ccccc2)cc1)c64)C(=O)N(c1ccc(Nc2ccccc2)cc1)C5=O.[HH].[HH]. The molecule has 0 saturated heterocycles. The monoisotopic (exact) mass is 769 g/mol. The maximum Gasteiger partial charge on any atom is 0.265 e. The highest BCUT2D eigenvalue weighted by molar-refractivity contribution is 6.43. The van der Waals surface area contributed by atoms with E-state index in [9.17, 15) is 19.2 Å². The van der Waals surface area contributed by atoms with E-state index in [0.29, 0.717) is 45.1 Å². The summed E-state index contributed by atoms with van der Waals surface area (Å²) >= 11 is 0. The van der Waals surface area contributed by atoms with Gasteiger partial charge in [-0.3, -0.25) is 19.2 Å². The van der Waals surface area contributed by atoms with Crippen LogP contribution < -0.4 is 15.5 Å². The molecule has 0 aromatic heterocycles. The molecule has 9 aromatic rings. The molecular formula is C52H39N3O4. The third kappa shape index (κ3) is 5.35. The summed E-state index contributed by atoms with van der Waals surface area (Å²) in [5.41, 5.74) is 7.15. The number of Topliss-reactive ketones (excluding diaryl/α,β-unsaturated/α-hetero) is 2. The standard InChI is InChI=1S/C52H35N3O4.2H2/c1-29-44(28-30-12-14-33(15-13-30)53-31-8-4-2-5-9-31)50(57)41-25-21-37-39-23-27-43-48-42(26-22-38(46(39)48)36-20-24-40(49(29)56)47(41)45(36)37)51(58)55(52(43)59)35-18-16-34(17-19-35)54-32-10-6-3-7-11-32;;/h2-27,29,44,53-54H,28H2,1H3;2*1H/t29?,44-;;/m1../s1. The number of amides is 2. The summed E-state index contributed by atoms with van der Waals surface area (Å²) in [5.74, 6) is -1.95. The van der Waals surface area contributed by atoms with Crippen molar-refractivity contribution >= 4 is 94.9 Å². The highest BCUT2D eigenvalue weighted by Crippen LogP contribution is 2.47. The molecule has 1 unspecified atom stereocenters. The first-order chi connectivity index (χ1) is 28.8. The summed E-state index contributed by atoms with van der Waals surface area (Å²) in [7, 11) is 0. The lowest BCUT2D eigenvalue weighted by Crippen LogP contribution is -2.40. The first-order valence-corrected chi connectivity index (χ1v) is 19.8. The number of imide groups is 1. The number of hydrogen-bond donors (Lipinski definition) is 2. The van der Waals surface area contributed by atoms with Gasteiger partial charge in [0.05, 0.1) is 5.69 Å². The fourth-order valence-electron chi connectivity index (χ4n) is 9.40. The van der Waals surface area contributed by atoms with Gasteiger partial charge in [0.25, 0.3) is 11.8 Å². The Balaban J connectivity index is 0.00000238. The van der Waals surface area contributed by atoms with Crippen molar-refractivity contribution < 1.29 is 22.0 Å². The van der Waals surface area contributed by atoms with Crippen LogP contribution >= 0.6 is 0 Å². The van der Waals surface area contributed by atoms with E-state index in [1.165, 1.54) is 4.90 Å². The zero-order valence-corrected chi connectivity index (χ0v) is 32.0. The van der Waals surface area contributed by atoms with Crippen molar-refractivity contribution in [3.63, 3.8) is 0 Å². The Bertz CT molecular complexity index is 3160. The third-order valence-corrected chi connectivity index (χ3v) is 12.3. The van der Waals surface area contributed by atoms with Gasteiger partial charge < -0.3 is 10.6 Å². The number of carbonyl (C=O) groups is 4. The van der Waals surface area contributed by atoms with Gasteiger partial charge >= 0.3 is 0 Å². The second-order valence-electron chi connectivity index (χ2n) is 15.6. The number of anilines is 5. The first-order valence-electron chi connectivity index (χ1n) is 19.8. The molecule has 2 aliphatic rings. The van der Waals surface area contributed by atoms with Crippen LogP contribution in [-0.4, -0.2) is 23.4 Å². The average molecular weight is 770 g/mol. The molecule has 0 spiro atoms. The molecule has 7 nitrogen and oxygen atoms in total. The lowest BCUT2D eigenvalue weighted by Gasteiger charge is -2.28. The Labute approximate surface area is 342 Å². The number of hydrogen-bond acceptors (Lipinski definition) is 6. The zero-order chi connectivity index (χ0) is 39.9. The van der Waals surface area contributed by atoms with Crippen LogP contribution in [0.4, 0.5) is 28.4 Å². The Morgan fingerprint density at radius 1 is 0.441 bits per heavy atom. The van der Waals surface area contributed by atoms with Gasteiger partial charge in [-0.15, -0.1) is 0 Å². The molecule has 11 rings (SSSR count). The van der Waals surface area contributed by atoms with Gasteiger partial charge in [-0.05, 0) is 117 Å². The minimum Gasteiger partial charge on any atom is -0.356 e. The summed E-state index contributed by atoms with van der Waals surface area (Å²) in [5, 5.41) is 13.2. The molecule has 0 radical (unpaired) electrons. The van der Waals surface area contributed by atoms with E-state index in [2.05, 4.69) is 10.6 Å². The van der Waals surface area contributed by atoms with Gasteiger partial charge in [0.2, 0.25) is 0 Å². The van der Waals surface area contributed by atoms with Crippen LogP contribution in [0.1, 0.15) is 56.8 Å². The smallest absolute Gasteiger partial charge is 0.265 e. The van der Waals surface area contributed by atoms with Crippen LogP contribution in [0.25, 0.3) is 43.1 Å². The maximum atomic E-state index is 14.7. The topological polar surface area (TPSA) is 95.6 Å². The molecule has 286 valence electrons. The van der Waals surface area contributed by atoms with E-state index in [1.54, 1.807) is 24.3 Å². The Kier molecular flexibility index (Phi) is 7.75. The number of carbonyl (C=O) groups excluding carboxylic acids is 4. The van der Waals surface area contributed by atoms with E-state index in [4.69, 9.17) is 0 Å². The van der Waals surface area contributed by atoms with Gasteiger partial charge in [0, 0.05) is 70.5 Å². The normalized spacial score (nSPS) is 16.4. The van der Waals surface area contributed by atoms with Crippen LogP contribution in [0.15, 0.2) is 158 Å². The molecule has 1 aliphatic heterocycles. The molecule has 9 aromatic carbocycles. The minimum atomic E-state index is -0.543. The van der Waals surface area contributed by atoms with E-state index >= 15 is 0 Å². The molecule has 2 atom stereocenters. The van der Waals surface area contributed by atoms with Crippen LogP contribution in [0.2, 0.25) is 0 Å². The Morgan fingerprint density at radius 3 is 1.34 bits per heavy atom. The van der Waals surface area contributed by atoms with Crippen LogP contribution in [0.3, 0.4) is 0 Å². The third-order valence-electron chi connectivity index (χ3n) is 12.3. The fraction of sp³-hybridized carbons (Fsp3) is 0.0769. The van der Waals surface area contributed by atoms with Gasteiger partial charge in [-0.1, -0.05) is 91.9 Å². The van der Waals surface area contributed by atoms with Crippen molar-refractivity contribution in [2.75, 3.05) is 15.5 Å². The predicted octanol–water partition coefficient (Wildman–Crippen LogP) is 12.4. The maximum absolute atomic E-state index is 14.7. The Morgan fingerprint density at radius 2 is 0.847 bits per heavy atom. The molecule has 1 aliphatic carbocycles. The zero-order valence-electron chi connectivity index (χ0n) is 32.0. The molecule has 0 bridgehead atoms. The summed E-state index contributed by atoms with van der Waals surface area (Å²) < 4.78 is 0. The number of fused-ring (bicyclic) bond motifs is 2. The van der Waals surface area contributed by atoms with E-state index in [1.807, 2.05) is 140 Å². The van der Waals surface area contributed by atoms with Crippen molar-refractivity contribution in [2.45, 2.75) is 13.3 Å². The van der Waals surface area contributed by atoms with E-state index in [-0.39, 0.29) is 26.2 Å². The highest BCUT2D eigenvalue weighted by Gasteiger charge is 2.39. The lowest BCUT2D eigenvalue weighted by atomic mass is 9.81. The van der Waals surface area contributed by atoms with Crippen molar-refractivity contribution in [3.8, 4) is 0 Å². The number of rotatable bonds is 7. The molecular weight excluding hydrogens is 731 g/mol. The molecule has 7 heteroatoms. The molecule has 2 amide bonds. The molecule has 0 saturated carbocycles. The minimum absolute atomic E-state index is 0. The first kappa shape index (κ1) is 34.6. The van der Waals surface area contributed by atoms with Crippen LogP contribution in [0.5, 0.6) is 0 Å². The molecule has 1 heterocycles. The van der Waals surface area contributed by atoms with E-state index < -0.39 is 11.8 Å². The van der Waals surface area contributed by atoms with Gasteiger partial charge in [-0.25, -0.2) is 4.90 Å². The molecule has 59 heavy (non-hydrogen) atoms. The van der Waals surface area contributed by atoms with Gasteiger partial charge in [0.1, 0.15) is 0 Å². The van der Waals surface area contributed by atoms with Crippen molar-refractivity contribution in [1.29, 1.82) is 0 Å². The summed E-state index contributed by atoms with van der Waals surface area (Å²) in [6.45, 7) is 1.87. The average Bonchev–Trinajstić information content (AvgIpc) is 3.34. The second-order valence-corrected chi connectivity index (χ2v) is 15.6. The number of para-hydroxylation sites is 2.